The maximum atomic E-state index is 5.56. The molecular weight excluding hydrogens is 228 g/mol. The highest BCUT2D eigenvalue weighted by Crippen LogP contribution is 2.11. The summed E-state index contributed by atoms with van der Waals surface area (Å²) in [5.74, 6) is 0. The number of rotatable bonds is 5. The first-order valence-electron chi connectivity index (χ1n) is 5.93. The topological polar surface area (TPSA) is 49.8 Å². The van der Waals surface area contributed by atoms with Gasteiger partial charge in [-0.05, 0) is 26.2 Å². The van der Waals surface area contributed by atoms with Crippen molar-refractivity contribution in [2.24, 2.45) is 4.99 Å². The molecule has 0 saturated heterocycles. The third kappa shape index (κ3) is 3.65. The molecule has 2 heterocycles. The van der Waals surface area contributed by atoms with Crippen LogP contribution in [0.1, 0.15) is 5.69 Å². The predicted octanol–water partition coefficient (Wildman–Crippen LogP) is 0.958. The molecule has 1 aromatic heterocycles. The average molecular weight is 246 g/mol. The van der Waals surface area contributed by atoms with Gasteiger partial charge >= 0.3 is 0 Å². The number of pyridine rings is 1. The lowest BCUT2D eigenvalue weighted by atomic mass is 10.2. The fraction of sp³-hybridized carbons (Fsp3) is 0.385. The van der Waals surface area contributed by atoms with E-state index in [-0.39, 0.29) is 6.35 Å². The van der Waals surface area contributed by atoms with Gasteiger partial charge in [-0.15, -0.1) is 0 Å². The van der Waals surface area contributed by atoms with Crippen LogP contribution >= 0.6 is 0 Å². The molecule has 0 radical (unpaired) electrons. The van der Waals surface area contributed by atoms with Crippen molar-refractivity contribution in [1.29, 1.82) is 0 Å². The summed E-state index contributed by atoms with van der Waals surface area (Å²) in [7, 11) is 4.03. The molecular formula is C13H18N4O. The third-order valence-corrected chi connectivity index (χ3v) is 2.51. The summed E-state index contributed by atoms with van der Waals surface area (Å²) in [6.07, 6.45) is 5.15. The van der Waals surface area contributed by atoms with Crippen molar-refractivity contribution in [3.8, 4) is 0 Å². The molecule has 96 valence electrons. The molecule has 5 heteroatoms. The molecule has 1 aliphatic rings. The lowest BCUT2D eigenvalue weighted by Crippen LogP contribution is -2.31. The van der Waals surface area contributed by atoms with E-state index in [1.54, 1.807) is 12.4 Å². The first-order valence-corrected chi connectivity index (χ1v) is 5.93. The highest BCUT2D eigenvalue weighted by Gasteiger charge is 2.10. The number of ether oxygens (including phenoxy) is 1. The Hall–Kier alpha value is -1.72. The maximum Gasteiger partial charge on any atom is 0.225 e. The van der Waals surface area contributed by atoms with E-state index in [1.807, 2.05) is 38.5 Å². The average Bonchev–Trinajstić information content (AvgIpc) is 2.40. The Morgan fingerprint density at radius 1 is 1.39 bits per heavy atom. The minimum atomic E-state index is -0.294. The summed E-state index contributed by atoms with van der Waals surface area (Å²) in [6, 6.07) is 5.80. The molecule has 0 spiro atoms. The van der Waals surface area contributed by atoms with Gasteiger partial charge in [-0.1, -0.05) is 6.07 Å². The number of allylic oxidation sites excluding steroid dienone is 1. The number of aromatic nitrogens is 1. The fourth-order valence-corrected chi connectivity index (χ4v) is 1.50. The van der Waals surface area contributed by atoms with Gasteiger partial charge in [-0.25, -0.2) is 4.99 Å². The first kappa shape index (κ1) is 12.7. The molecule has 1 atom stereocenters. The van der Waals surface area contributed by atoms with Crippen molar-refractivity contribution < 1.29 is 4.74 Å². The number of nitrogens with one attached hydrogen (secondary N) is 1. The van der Waals surface area contributed by atoms with Gasteiger partial charge in [-0.2, -0.15) is 0 Å². The zero-order valence-corrected chi connectivity index (χ0v) is 10.7. The smallest absolute Gasteiger partial charge is 0.225 e. The molecule has 1 aliphatic heterocycles. The van der Waals surface area contributed by atoms with Crippen molar-refractivity contribution in [2.45, 2.75) is 6.35 Å². The maximum absolute atomic E-state index is 5.56. The summed E-state index contributed by atoms with van der Waals surface area (Å²) in [4.78, 5) is 10.6. The zero-order chi connectivity index (χ0) is 12.8. The quantitative estimate of drug-likeness (QED) is 0.840. The van der Waals surface area contributed by atoms with Crippen LogP contribution in [0, 0.1) is 0 Å². The van der Waals surface area contributed by atoms with E-state index in [1.165, 1.54) is 0 Å². The number of hydrogen-bond donors (Lipinski definition) is 1. The number of likely N-dealkylation sites (N-methyl/N-ethyl adjacent to an activating group) is 1. The van der Waals surface area contributed by atoms with Crippen LogP contribution < -0.4 is 5.32 Å². The molecule has 0 fully saturated rings. The third-order valence-electron chi connectivity index (χ3n) is 2.51. The zero-order valence-electron chi connectivity index (χ0n) is 10.7. The molecule has 0 aromatic carbocycles. The molecule has 0 bridgehead atoms. The summed E-state index contributed by atoms with van der Waals surface area (Å²) >= 11 is 0. The molecule has 5 nitrogen and oxygen atoms in total. The van der Waals surface area contributed by atoms with E-state index in [0.717, 1.165) is 17.8 Å². The van der Waals surface area contributed by atoms with Crippen LogP contribution in [0.15, 0.2) is 35.6 Å². The van der Waals surface area contributed by atoms with Crippen LogP contribution in [0.4, 0.5) is 0 Å². The van der Waals surface area contributed by atoms with E-state index in [2.05, 4.69) is 20.2 Å². The molecule has 1 N–H and O–H groups in total. The van der Waals surface area contributed by atoms with Gasteiger partial charge in [0.05, 0.1) is 12.3 Å². The predicted molar refractivity (Wildman–Crippen MR) is 72.1 cm³/mol. The van der Waals surface area contributed by atoms with Gasteiger partial charge < -0.3 is 15.0 Å². The Balaban J connectivity index is 1.84. The summed E-state index contributed by atoms with van der Waals surface area (Å²) < 4.78 is 5.56. The minimum Gasteiger partial charge on any atom is -0.347 e. The van der Waals surface area contributed by atoms with Gasteiger partial charge in [0.1, 0.15) is 0 Å². The Labute approximate surface area is 107 Å². The van der Waals surface area contributed by atoms with E-state index in [0.29, 0.717) is 6.61 Å². The van der Waals surface area contributed by atoms with Crippen LogP contribution in [-0.4, -0.2) is 49.7 Å². The summed E-state index contributed by atoms with van der Waals surface area (Å²) in [5, 5.41) is 3.10. The Morgan fingerprint density at radius 2 is 2.28 bits per heavy atom. The summed E-state index contributed by atoms with van der Waals surface area (Å²) in [6.45, 7) is 1.53. The first-order chi connectivity index (χ1) is 8.75. The van der Waals surface area contributed by atoms with Crippen molar-refractivity contribution in [1.82, 2.24) is 15.2 Å². The lowest BCUT2D eigenvalue weighted by molar-refractivity contribution is 0.0370. The van der Waals surface area contributed by atoms with Crippen LogP contribution in [0.3, 0.4) is 0 Å². The van der Waals surface area contributed by atoms with Gasteiger partial charge in [0.2, 0.25) is 6.35 Å². The highest BCUT2D eigenvalue weighted by molar-refractivity contribution is 6.09. The van der Waals surface area contributed by atoms with Crippen molar-refractivity contribution in [2.75, 3.05) is 27.2 Å². The fourth-order valence-electron chi connectivity index (χ4n) is 1.50. The molecule has 0 saturated carbocycles. The van der Waals surface area contributed by atoms with Crippen molar-refractivity contribution >= 4 is 11.8 Å². The molecule has 2 rings (SSSR count). The van der Waals surface area contributed by atoms with Crippen molar-refractivity contribution in [3.63, 3.8) is 0 Å². The molecule has 1 aromatic rings. The lowest BCUT2D eigenvalue weighted by Gasteiger charge is -2.19. The number of hydrogen-bond acceptors (Lipinski definition) is 5. The second-order valence-electron chi connectivity index (χ2n) is 4.29. The Bertz CT molecular complexity index is 428. The van der Waals surface area contributed by atoms with Gasteiger partial charge in [-0.3, -0.25) is 4.98 Å². The largest absolute Gasteiger partial charge is 0.347 e. The molecule has 18 heavy (non-hydrogen) atoms. The van der Waals surface area contributed by atoms with Crippen LogP contribution in [0.5, 0.6) is 0 Å². The normalized spacial score (nSPS) is 18.6. The van der Waals surface area contributed by atoms with Gasteiger partial charge in [0.15, 0.2) is 0 Å². The van der Waals surface area contributed by atoms with Gasteiger partial charge in [0, 0.05) is 30.7 Å². The van der Waals surface area contributed by atoms with Crippen LogP contribution in [0.2, 0.25) is 0 Å². The summed E-state index contributed by atoms with van der Waals surface area (Å²) in [5.41, 5.74) is 1.86. The second-order valence-corrected chi connectivity index (χ2v) is 4.29. The van der Waals surface area contributed by atoms with Crippen molar-refractivity contribution in [3.05, 3.63) is 36.3 Å². The Kier molecular flexibility index (Phi) is 4.44. The molecule has 0 amide bonds. The van der Waals surface area contributed by atoms with Crippen LogP contribution in [-0.2, 0) is 4.74 Å². The molecule has 0 aliphatic carbocycles. The Morgan fingerprint density at radius 3 is 2.89 bits per heavy atom. The minimum absolute atomic E-state index is 0.294. The van der Waals surface area contributed by atoms with E-state index >= 15 is 0 Å². The SMILES string of the molecule is CN(C)CCOC1N=CC(c2ccccn2)=CN1. The van der Waals surface area contributed by atoms with E-state index in [4.69, 9.17) is 4.74 Å². The monoisotopic (exact) mass is 246 g/mol. The highest BCUT2D eigenvalue weighted by atomic mass is 16.5. The standard InChI is InChI=1S/C13H18N4O/c1-17(2)7-8-18-13-15-9-11(10-16-13)12-5-3-4-6-14-12/h3-6,9-10,13,15H,7-8H2,1-2H3. The number of aliphatic imine (C=N–C) groups is 1. The van der Waals surface area contributed by atoms with Gasteiger partial charge in [0.25, 0.3) is 0 Å². The van der Waals surface area contributed by atoms with Crippen LogP contribution in [0.25, 0.3) is 5.57 Å². The second kappa shape index (κ2) is 6.28. The molecule has 1 unspecified atom stereocenters. The number of nitrogens with zero attached hydrogens (tertiary/aromatic N) is 3. The van der Waals surface area contributed by atoms with E-state index in [9.17, 15) is 0 Å². The van der Waals surface area contributed by atoms with E-state index < -0.39 is 0 Å².